The Morgan fingerprint density at radius 1 is 1.06 bits per heavy atom. The molecule has 1 fully saturated rings. The summed E-state index contributed by atoms with van der Waals surface area (Å²) in [5.41, 5.74) is 3.01. The highest BCUT2D eigenvalue weighted by Crippen LogP contribution is 2.55. The molecule has 34 heavy (non-hydrogen) atoms. The van der Waals surface area contributed by atoms with Crippen molar-refractivity contribution in [2.24, 2.45) is 0 Å². The quantitative estimate of drug-likeness (QED) is 0.419. The highest BCUT2D eigenvalue weighted by molar-refractivity contribution is 8.00. The molecule has 1 aromatic heterocycles. The van der Waals surface area contributed by atoms with Gasteiger partial charge in [-0.3, -0.25) is 0 Å². The molecule has 1 saturated heterocycles. The number of rotatable bonds is 8. The van der Waals surface area contributed by atoms with E-state index in [0.717, 1.165) is 25.9 Å². The van der Waals surface area contributed by atoms with E-state index in [0.29, 0.717) is 16.7 Å². The van der Waals surface area contributed by atoms with Gasteiger partial charge in [-0.2, -0.15) is 11.3 Å². The van der Waals surface area contributed by atoms with Crippen LogP contribution in [0.1, 0.15) is 42.7 Å². The van der Waals surface area contributed by atoms with Gasteiger partial charge < -0.3 is 5.32 Å². The summed E-state index contributed by atoms with van der Waals surface area (Å²) in [6.45, 7) is 2.63. The maximum absolute atomic E-state index is 13.2. The van der Waals surface area contributed by atoms with Gasteiger partial charge in [-0.05, 0) is 90.8 Å². The Hall–Kier alpha value is -1.64. The van der Waals surface area contributed by atoms with Gasteiger partial charge in [0.15, 0.2) is 0 Å². The highest BCUT2D eigenvalue weighted by atomic mass is 32.2. The van der Waals surface area contributed by atoms with Gasteiger partial charge in [-0.15, -0.1) is 11.8 Å². The van der Waals surface area contributed by atoms with Crippen molar-refractivity contribution in [2.75, 3.05) is 26.7 Å². The summed E-state index contributed by atoms with van der Waals surface area (Å²) >= 11 is 3.73. The monoisotopic (exact) mass is 512 g/mol. The van der Waals surface area contributed by atoms with Crippen LogP contribution in [-0.4, -0.2) is 44.7 Å². The standard InChI is InChI=1S/C27H32N2O2S3/c1-29(34(30,31)23-7-3-2-4-8-23)19-21(22-13-18-32-20-22)11-12-26-27(14-16-28-17-15-27)24-9-5-6-10-25(24)33-26/h2-10,13,18,20-21,26,28H,11-12,14-17,19H2,1H3/t21-,26-/m0/s1. The zero-order valence-electron chi connectivity index (χ0n) is 19.5. The van der Waals surface area contributed by atoms with Crippen LogP contribution in [-0.2, 0) is 15.4 Å². The molecule has 0 saturated carbocycles. The summed E-state index contributed by atoms with van der Waals surface area (Å²) in [6.07, 6.45) is 4.41. The lowest BCUT2D eigenvalue weighted by atomic mass is 9.69. The number of thioether (sulfide) groups is 1. The van der Waals surface area contributed by atoms with Crippen molar-refractivity contribution in [3.8, 4) is 0 Å². The number of nitrogens with zero attached hydrogens (tertiary/aromatic N) is 1. The molecule has 4 nitrogen and oxygen atoms in total. The van der Waals surface area contributed by atoms with Gasteiger partial charge in [-0.25, -0.2) is 12.7 Å². The molecule has 2 aliphatic heterocycles. The Kier molecular flexibility index (Phi) is 7.19. The summed E-state index contributed by atoms with van der Waals surface area (Å²) in [6, 6.07) is 19.9. The number of nitrogens with one attached hydrogen (secondary N) is 1. The average Bonchev–Trinajstić information content (AvgIpc) is 3.50. The fraction of sp³-hybridized carbons (Fsp3) is 0.407. The molecule has 0 bridgehead atoms. The molecule has 3 aromatic rings. The van der Waals surface area contributed by atoms with Crippen LogP contribution in [0.25, 0.3) is 0 Å². The summed E-state index contributed by atoms with van der Waals surface area (Å²) in [7, 11) is -1.79. The van der Waals surface area contributed by atoms with Crippen LogP contribution in [0, 0.1) is 0 Å². The van der Waals surface area contributed by atoms with E-state index < -0.39 is 10.0 Å². The molecular formula is C27H32N2O2S3. The van der Waals surface area contributed by atoms with E-state index in [1.165, 1.54) is 28.9 Å². The van der Waals surface area contributed by atoms with Crippen molar-refractivity contribution >= 4 is 33.1 Å². The van der Waals surface area contributed by atoms with Crippen molar-refractivity contribution in [1.29, 1.82) is 0 Å². The Bertz CT molecular complexity index is 1190. The maximum atomic E-state index is 13.2. The third-order valence-electron chi connectivity index (χ3n) is 7.53. The first-order chi connectivity index (χ1) is 16.5. The molecule has 2 aromatic carbocycles. The van der Waals surface area contributed by atoms with Crippen molar-refractivity contribution in [3.63, 3.8) is 0 Å². The van der Waals surface area contributed by atoms with Crippen molar-refractivity contribution in [2.45, 2.75) is 52.1 Å². The lowest BCUT2D eigenvalue weighted by Gasteiger charge is -2.40. The van der Waals surface area contributed by atoms with Crippen LogP contribution in [0.4, 0.5) is 0 Å². The predicted molar refractivity (Wildman–Crippen MR) is 142 cm³/mol. The van der Waals surface area contributed by atoms with Gasteiger partial charge >= 0.3 is 0 Å². The number of likely N-dealkylation sites (N-methyl/N-ethyl adjacent to an activating group) is 1. The minimum absolute atomic E-state index is 0.179. The van der Waals surface area contributed by atoms with Gasteiger partial charge in [0, 0.05) is 29.2 Å². The topological polar surface area (TPSA) is 49.4 Å². The van der Waals surface area contributed by atoms with Crippen LogP contribution in [0.2, 0.25) is 0 Å². The van der Waals surface area contributed by atoms with E-state index in [-0.39, 0.29) is 11.3 Å². The zero-order valence-corrected chi connectivity index (χ0v) is 22.0. The second kappa shape index (κ2) is 10.2. The van der Waals surface area contributed by atoms with Gasteiger partial charge in [-0.1, -0.05) is 36.4 Å². The fourth-order valence-corrected chi connectivity index (χ4v) is 9.31. The Morgan fingerprint density at radius 3 is 2.53 bits per heavy atom. The van der Waals surface area contributed by atoms with Crippen LogP contribution in [0.5, 0.6) is 0 Å². The molecular weight excluding hydrogens is 481 g/mol. The molecule has 180 valence electrons. The third-order valence-corrected chi connectivity index (χ3v) is 11.6. The second-order valence-corrected chi connectivity index (χ2v) is 13.5. The summed E-state index contributed by atoms with van der Waals surface area (Å²) < 4.78 is 28.0. The van der Waals surface area contributed by atoms with E-state index in [1.54, 1.807) is 47.0 Å². The van der Waals surface area contributed by atoms with Gasteiger partial charge in [0.05, 0.1) is 4.90 Å². The molecule has 0 unspecified atom stereocenters. The number of piperidine rings is 1. The fourth-order valence-electron chi connectivity index (χ4n) is 5.62. The first kappa shape index (κ1) is 24.1. The average molecular weight is 513 g/mol. The normalized spacial score (nSPS) is 20.5. The van der Waals surface area contributed by atoms with E-state index in [4.69, 9.17) is 0 Å². The Balaban J connectivity index is 1.35. The van der Waals surface area contributed by atoms with Gasteiger partial charge in [0.2, 0.25) is 10.0 Å². The predicted octanol–water partition coefficient (Wildman–Crippen LogP) is 5.73. The first-order valence-corrected chi connectivity index (χ1v) is 15.3. The van der Waals surface area contributed by atoms with E-state index in [2.05, 4.69) is 46.4 Å². The number of sulfonamides is 1. The lowest BCUT2D eigenvalue weighted by Crippen LogP contribution is -2.44. The second-order valence-electron chi connectivity index (χ2n) is 9.44. The van der Waals surface area contributed by atoms with E-state index >= 15 is 0 Å². The number of hydrogen-bond acceptors (Lipinski definition) is 5. The molecule has 0 aliphatic carbocycles. The molecule has 7 heteroatoms. The van der Waals surface area contributed by atoms with Crippen LogP contribution < -0.4 is 5.32 Å². The summed E-state index contributed by atoms with van der Waals surface area (Å²) in [5.74, 6) is 0.179. The highest BCUT2D eigenvalue weighted by Gasteiger charge is 2.47. The van der Waals surface area contributed by atoms with Crippen molar-refractivity contribution in [3.05, 3.63) is 82.6 Å². The molecule has 0 amide bonds. The third kappa shape index (κ3) is 4.61. The number of benzene rings is 2. The van der Waals surface area contributed by atoms with Gasteiger partial charge in [0.1, 0.15) is 0 Å². The van der Waals surface area contributed by atoms with Crippen LogP contribution in [0.3, 0.4) is 0 Å². The van der Waals surface area contributed by atoms with Crippen LogP contribution in [0.15, 0.2) is 81.2 Å². The SMILES string of the molecule is CN(C[C@H](CC[C@@H]1Sc2ccccc2C12CCNCC2)c1ccsc1)S(=O)(=O)c1ccccc1. The largest absolute Gasteiger partial charge is 0.317 e. The molecule has 2 aliphatic rings. The van der Waals surface area contributed by atoms with Crippen LogP contribution >= 0.6 is 23.1 Å². The molecule has 2 atom stereocenters. The van der Waals surface area contributed by atoms with Crippen molar-refractivity contribution in [1.82, 2.24) is 9.62 Å². The van der Waals surface area contributed by atoms with Gasteiger partial charge in [0.25, 0.3) is 0 Å². The van der Waals surface area contributed by atoms with E-state index in [9.17, 15) is 8.42 Å². The smallest absolute Gasteiger partial charge is 0.242 e. The maximum Gasteiger partial charge on any atom is 0.242 e. The minimum Gasteiger partial charge on any atom is -0.317 e. The lowest BCUT2D eigenvalue weighted by molar-refractivity contribution is 0.287. The molecule has 0 radical (unpaired) electrons. The number of thiophene rings is 1. The molecule has 1 N–H and O–H groups in total. The Labute approximate surface area is 211 Å². The first-order valence-electron chi connectivity index (χ1n) is 12.0. The van der Waals surface area contributed by atoms with E-state index in [1.807, 2.05) is 17.8 Å². The summed E-state index contributed by atoms with van der Waals surface area (Å²) in [5, 5.41) is 8.37. The zero-order chi connectivity index (χ0) is 23.6. The summed E-state index contributed by atoms with van der Waals surface area (Å²) in [4.78, 5) is 1.79. The van der Waals surface area contributed by atoms with Crippen molar-refractivity contribution < 1.29 is 8.42 Å². The molecule has 5 rings (SSSR count). The molecule has 1 spiro atoms. The number of hydrogen-bond donors (Lipinski definition) is 1. The minimum atomic E-state index is -3.51. The number of fused-ring (bicyclic) bond motifs is 2. The molecule has 3 heterocycles. The Morgan fingerprint density at radius 2 is 1.79 bits per heavy atom.